The molecule has 0 saturated heterocycles. The molecule has 0 fully saturated rings. The van der Waals surface area contributed by atoms with E-state index >= 15 is 0 Å². The molecule has 1 aliphatic heterocycles. The predicted octanol–water partition coefficient (Wildman–Crippen LogP) is 1.87. The van der Waals surface area contributed by atoms with Crippen LogP contribution in [0.2, 0.25) is 5.15 Å². The Hall–Kier alpha value is -2.47. The van der Waals surface area contributed by atoms with Gasteiger partial charge >= 0.3 is 0 Å². The van der Waals surface area contributed by atoms with E-state index in [1.165, 1.54) is 12.0 Å². The normalized spacial score (nSPS) is 13.5. The number of halogens is 1. The monoisotopic (exact) mass is 303 g/mol. The van der Waals surface area contributed by atoms with Gasteiger partial charge in [-0.1, -0.05) is 11.6 Å². The summed E-state index contributed by atoms with van der Waals surface area (Å²) >= 11 is 5.68. The molecule has 2 heterocycles. The summed E-state index contributed by atoms with van der Waals surface area (Å²) in [6.07, 6.45) is 0. The van der Waals surface area contributed by atoms with Crippen LogP contribution in [0.4, 0.5) is 5.69 Å². The molecule has 1 aliphatic rings. The molecule has 0 radical (unpaired) electrons. The van der Waals surface area contributed by atoms with Crippen molar-refractivity contribution in [3.05, 3.63) is 46.7 Å². The number of Topliss-reactive ketones (excluding diaryl/α,β-unsaturated/α-hetero) is 1. The van der Waals surface area contributed by atoms with E-state index in [-0.39, 0.29) is 11.7 Å². The molecule has 1 amide bonds. The van der Waals surface area contributed by atoms with Gasteiger partial charge in [0.1, 0.15) is 5.75 Å². The highest BCUT2D eigenvalue weighted by Gasteiger charge is 2.36. The number of carbonyl (C=O) groups excluding carboxylic acids is 2. The van der Waals surface area contributed by atoms with Crippen molar-refractivity contribution in [3.63, 3.8) is 0 Å². The fraction of sp³-hybridized carbons (Fsp3) is 0.143. The average Bonchev–Trinajstić information content (AvgIpc) is 2.74. The SMILES string of the molecule is COc1ccc2c(c1)N(Cc1ccc(Cl)nn1)C(=O)C2=O. The molecule has 0 atom stereocenters. The van der Waals surface area contributed by atoms with Gasteiger partial charge in [0.25, 0.3) is 11.7 Å². The van der Waals surface area contributed by atoms with Crippen molar-refractivity contribution in [1.82, 2.24) is 10.2 Å². The first kappa shape index (κ1) is 13.5. The smallest absolute Gasteiger partial charge is 0.299 e. The van der Waals surface area contributed by atoms with Gasteiger partial charge in [0.15, 0.2) is 5.15 Å². The topological polar surface area (TPSA) is 72.4 Å². The third-order valence-corrected chi connectivity index (χ3v) is 3.39. The van der Waals surface area contributed by atoms with Gasteiger partial charge in [-0.15, -0.1) is 5.10 Å². The van der Waals surface area contributed by atoms with E-state index in [0.717, 1.165) is 0 Å². The Bertz CT molecular complexity index is 731. The van der Waals surface area contributed by atoms with Crippen LogP contribution < -0.4 is 9.64 Å². The standard InChI is InChI=1S/C14H10ClN3O3/c1-21-9-3-4-10-11(6-9)18(14(20)13(10)19)7-8-2-5-12(15)17-16-8/h2-6H,7H2,1H3. The summed E-state index contributed by atoms with van der Waals surface area (Å²) in [5, 5.41) is 7.89. The molecule has 3 rings (SSSR count). The maximum Gasteiger partial charge on any atom is 0.299 e. The Kier molecular flexibility index (Phi) is 3.31. The van der Waals surface area contributed by atoms with Crippen molar-refractivity contribution in [2.75, 3.05) is 12.0 Å². The number of ketones is 1. The van der Waals surface area contributed by atoms with Crippen LogP contribution in [0.15, 0.2) is 30.3 Å². The van der Waals surface area contributed by atoms with E-state index in [9.17, 15) is 9.59 Å². The highest BCUT2D eigenvalue weighted by atomic mass is 35.5. The molecule has 0 N–H and O–H groups in total. The summed E-state index contributed by atoms with van der Waals surface area (Å²) in [6.45, 7) is 0.148. The number of carbonyl (C=O) groups is 2. The van der Waals surface area contributed by atoms with E-state index in [2.05, 4.69) is 10.2 Å². The summed E-state index contributed by atoms with van der Waals surface area (Å²) in [6, 6.07) is 8.13. The first-order valence-corrected chi connectivity index (χ1v) is 6.50. The van der Waals surface area contributed by atoms with E-state index < -0.39 is 11.7 Å². The molecule has 0 spiro atoms. The Labute approximate surface area is 125 Å². The number of aromatic nitrogens is 2. The molecule has 1 aromatic heterocycles. The number of hydrogen-bond donors (Lipinski definition) is 0. The maximum absolute atomic E-state index is 12.1. The number of anilines is 1. The summed E-state index contributed by atoms with van der Waals surface area (Å²) < 4.78 is 5.13. The molecule has 106 valence electrons. The number of methoxy groups -OCH3 is 1. The third kappa shape index (κ3) is 2.34. The van der Waals surface area contributed by atoms with Gasteiger partial charge in [-0.3, -0.25) is 14.5 Å². The number of fused-ring (bicyclic) bond motifs is 1. The van der Waals surface area contributed by atoms with Crippen molar-refractivity contribution >= 4 is 29.0 Å². The number of benzene rings is 1. The second kappa shape index (κ2) is 5.14. The van der Waals surface area contributed by atoms with E-state index in [1.54, 1.807) is 30.3 Å². The zero-order valence-corrected chi connectivity index (χ0v) is 11.8. The second-order valence-corrected chi connectivity index (χ2v) is 4.84. The summed E-state index contributed by atoms with van der Waals surface area (Å²) in [4.78, 5) is 25.4. The minimum absolute atomic E-state index is 0.148. The number of rotatable bonds is 3. The molecular formula is C14H10ClN3O3. The van der Waals surface area contributed by atoms with Gasteiger partial charge in [-0.25, -0.2) is 0 Å². The van der Waals surface area contributed by atoms with Gasteiger partial charge in [0, 0.05) is 6.07 Å². The minimum Gasteiger partial charge on any atom is -0.497 e. The largest absolute Gasteiger partial charge is 0.497 e. The Morgan fingerprint density at radius 2 is 2.00 bits per heavy atom. The van der Waals surface area contributed by atoms with Crippen LogP contribution in [-0.2, 0) is 11.3 Å². The number of amides is 1. The number of nitrogens with zero attached hydrogens (tertiary/aromatic N) is 3. The number of hydrogen-bond acceptors (Lipinski definition) is 5. The van der Waals surface area contributed by atoms with Crippen molar-refractivity contribution in [2.24, 2.45) is 0 Å². The van der Waals surface area contributed by atoms with Crippen LogP contribution in [0, 0.1) is 0 Å². The quantitative estimate of drug-likeness (QED) is 0.809. The fourth-order valence-electron chi connectivity index (χ4n) is 2.15. The zero-order valence-electron chi connectivity index (χ0n) is 11.0. The summed E-state index contributed by atoms with van der Waals surface area (Å²) in [7, 11) is 1.52. The highest BCUT2D eigenvalue weighted by molar-refractivity contribution is 6.52. The second-order valence-electron chi connectivity index (χ2n) is 4.45. The van der Waals surface area contributed by atoms with Crippen LogP contribution in [0.5, 0.6) is 5.75 Å². The first-order chi connectivity index (χ1) is 10.1. The third-order valence-electron chi connectivity index (χ3n) is 3.19. The minimum atomic E-state index is -0.588. The van der Waals surface area contributed by atoms with E-state index in [4.69, 9.17) is 16.3 Å². The zero-order chi connectivity index (χ0) is 15.0. The predicted molar refractivity (Wildman–Crippen MR) is 75.6 cm³/mol. The Balaban J connectivity index is 1.98. The average molecular weight is 304 g/mol. The summed E-state index contributed by atoms with van der Waals surface area (Å²) in [5.41, 5.74) is 1.42. The van der Waals surface area contributed by atoms with Crippen molar-refractivity contribution in [2.45, 2.75) is 6.54 Å². The van der Waals surface area contributed by atoms with Crippen molar-refractivity contribution in [1.29, 1.82) is 0 Å². The summed E-state index contributed by atoms with van der Waals surface area (Å²) in [5.74, 6) is -0.548. The van der Waals surface area contributed by atoms with Crippen LogP contribution in [0.1, 0.15) is 16.1 Å². The van der Waals surface area contributed by atoms with Gasteiger partial charge in [-0.05, 0) is 24.3 Å². The van der Waals surface area contributed by atoms with Crippen molar-refractivity contribution in [3.8, 4) is 5.75 Å². The lowest BCUT2D eigenvalue weighted by atomic mass is 10.1. The maximum atomic E-state index is 12.1. The lowest BCUT2D eigenvalue weighted by molar-refractivity contribution is -0.114. The first-order valence-electron chi connectivity index (χ1n) is 6.12. The molecule has 0 bridgehead atoms. The molecule has 0 aliphatic carbocycles. The molecule has 6 nitrogen and oxygen atoms in total. The van der Waals surface area contributed by atoms with Crippen LogP contribution in [0.3, 0.4) is 0 Å². The van der Waals surface area contributed by atoms with Crippen LogP contribution in [0.25, 0.3) is 0 Å². The molecule has 0 saturated carbocycles. The molecule has 2 aromatic rings. The van der Waals surface area contributed by atoms with Crippen LogP contribution in [-0.4, -0.2) is 29.0 Å². The molecule has 1 aromatic carbocycles. The molecular weight excluding hydrogens is 294 g/mol. The van der Waals surface area contributed by atoms with E-state index in [0.29, 0.717) is 22.7 Å². The molecule has 21 heavy (non-hydrogen) atoms. The fourth-order valence-corrected chi connectivity index (χ4v) is 2.25. The lowest BCUT2D eigenvalue weighted by Crippen LogP contribution is -2.29. The highest BCUT2D eigenvalue weighted by Crippen LogP contribution is 2.33. The van der Waals surface area contributed by atoms with E-state index in [1.807, 2.05) is 0 Å². The van der Waals surface area contributed by atoms with Crippen molar-refractivity contribution < 1.29 is 14.3 Å². The van der Waals surface area contributed by atoms with Gasteiger partial charge in [0.2, 0.25) is 0 Å². The van der Waals surface area contributed by atoms with Gasteiger partial charge < -0.3 is 4.74 Å². The molecule has 7 heteroatoms. The number of ether oxygens (including phenoxy) is 1. The Morgan fingerprint density at radius 1 is 1.19 bits per heavy atom. The lowest BCUT2D eigenvalue weighted by Gasteiger charge is -2.16. The molecule has 0 unspecified atom stereocenters. The van der Waals surface area contributed by atoms with Gasteiger partial charge in [0.05, 0.1) is 30.6 Å². The Morgan fingerprint density at radius 3 is 2.67 bits per heavy atom. The van der Waals surface area contributed by atoms with Gasteiger partial charge in [-0.2, -0.15) is 5.10 Å². The van der Waals surface area contributed by atoms with Crippen LogP contribution >= 0.6 is 11.6 Å².